The van der Waals surface area contributed by atoms with Crippen molar-refractivity contribution >= 4 is 5.69 Å². The number of aromatic nitrogens is 1. The second kappa shape index (κ2) is 5.15. The van der Waals surface area contributed by atoms with Crippen LogP contribution in [0.25, 0.3) is 0 Å². The van der Waals surface area contributed by atoms with Crippen LogP contribution in [-0.4, -0.2) is 11.0 Å². The molecule has 2 heteroatoms. The van der Waals surface area contributed by atoms with Gasteiger partial charge in [-0.2, -0.15) is 0 Å². The fraction of sp³-hybridized carbons (Fsp3) is 0.615. The lowest BCUT2D eigenvalue weighted by atomic mass is 10.1. The van der Waals surface area contributed by atoms with Crippen molar-refractivity contribution < 1.29 is 0 Å². The Labute approximate surface area is 92.1 Å². The fourth-order valence-electron chi connectivity index (χ4n) is 2.21. The van der Waals surface area contributed by atoms with Crippen molar-refractivity contribution in [3.63, 3.8) is 0 Å². The molecule has 15 heavy (non-hydrogen) atoms. The Hall–Kier alpha value is -1.05. The van der Waals surface area contributed by atoms with Gasteiger partial charge in [-0.05, 0) is 31.9 Å². The van der Waals surface area contributed by atoms with Gasteiger partial charge in [0.15, 0.2) is 0 Å². The second-order valence-electron chi connectivity index (χ2n) is 4.52. The van der Waals surface area contributed by atoms with Crippen LogP contribution in [0.15, 0.2) is 18.3 Å². The Morgan fingerprint density at radius 2 is 1.87 bits per heavy atom. The third-order valence-electron chi connectivity index (χ3n) is 3.14. The second-order valence-corrected chi connectivity index (χ2v) is 4.52. The van der Waals surface area contributed by atoms with E-state index in [4.69, 9.17) is 0 Å². The van der Waals surface area contributed by atoms with Gasteiger partial charge in [-0.1, -0.05) is 25.7 Å². The van der Waals surface area contributed by atoms with Crippen LogP contribution in [0, 0.1) is 6.92 Å². The molecule has 0 unspecified atom stereocenters. The van der Waals surface area contributed by atoms with Crippen molar-refractivity contribution in [2.75, 3.05) is 5.32 Å². The van der Waals surface area contributed by atoms with Gasteiger partial charge in [-0.25, -0.2) is 0 Å². The van der Waals surface area contributed by atoms with Crippen molar-refractivity contribution in [3.8, 4) is 0 Å². The molecule has 1 heterocycles. The Kier molecular flexibility index (Phi) is 3.59. The molecule has 2 rings (SSSR count). The van der Waals surface area contributed by atoms with E-state index in [1.807, 2.05) is 13.1 Å². The summed E-state index contributed by atoms with van der Waals surface area (Å²) < 4.78 is 0. The lowest BCUT2D eigenvalue weighted by molar-refractivity contribution is 0.619. The van der Waals surface area contributed by atoms with E-state index in [9.17, 15) is 0 Å². The molecule has 1 aliphatic carbocycles. The molecule has 0 bridgehead atoms. The average molecular weight is 204 g/mol. The van der Waals surface area contributed by atoms with Crippen LogP contribution in [0.4, 0.5) is 5.69 Å². The number of anilines is 1. The van der Waals surface area contributed by atoms with Gasteiger partial charge in [-0.3, -0.25) is 4.98 Å². The van der Waals surface area contributed by atoms with E-state index in [-0.39, 0.29) is 0 Å². The number of nitrogens with zero attached hydrogens (tertiary/aromatic N) is 1. The van der Waals surface area contributed by atoms with Crippen LogP contribution < -0.4 is 5.32 Å². The summed E-state index contributed by atoms with van der Waals surface area (Å²) in [5.41, 5.74) is 2.26. The summed E-state index contributed by atoms with van der Waals surface area (Å²) in [4.78, 5) is 4.31. The smallest absolute Gasteiger partial charge is 0.0529 e. The first-order chi connectivity index (χ1) is 7.34. The standard InChI is InChI=1S/C13H20N2/c1-11-8-9-13(10-14-11)15-12-6-4-2-3-5-7-12/h8-10,12,15H,2-7H2,1H3. The molecule has 0 radical (unpaired) electrons. The normalized spacial score (nSPS) is 18.5. The molecule has 1 fully saturated rings. The minimum atomic E-state index is 0.664. The highest BCUT2D eigenvalue weighted by Gasteiger charge is 2.11. The molecule has 0 aromatic carbocycles. The average Bonchev–Trinajstić information content (AvgIpc) is 2.50. The van der Waals surface area contributed by atoms with E-state index in [1.54, 1.807) is 0 Å². The predicted octanol–water partition coefficient (Wildman–Crippen LogP) is 3.52. The maximum absolute atomic E-state index is 4.31. The van der Waals surface area contributed by atoms with E-state index in [0.717, 1.165) is 5.69 Å². The van der Waals surface area contributed by atoms with Crippen LogP contribution in [0.5, 0.6) is 0 Å². The van der Waals surface area contributed by atoms with Crippen molar-refractivity contribution in [2.45, 2.75) is 51.5 Å². The molecule has 1 saturated carbocycles. The number of hydrogen-bond acceptors (Lipinski definition) is 2. The fourth-order valence-corrected chi connectivity index (χ4v) is 2.21. The molecule has 0 aliphatic heterocycles. The lowest BCUT2D eigenvalue weighted by Gasteiger charge is -2.17. The molecule has 0 atom stereocenters. The first kappa shape index (κ1) is 10.5. The van der Waals surface area contributed by atoms with Gasteiger partial charge in [0, 0.05) is 11.7 Å². The third-order valence-corrected chi connectivity index (χ3v) is 3.14. The van der Waals surface area contributed by atoms with Crippen molar-refractivity contribution in [2.24, 2.45) is 0 Å². The molecule has 1 aromatic rings. The highest BCUT2D eigenvalue weighted by Crippen LogP contribution is 2.20. The monoisotopic (exact) mass is 204 g/mol. The lowest BCUT2D eigenvalue weighted by Crippen LogP contribution is -2.18. The Morgan fingerprint density at radius 1 is 1.13 bits per heavy atom. The molecular formula is C13H20N2. The van der Waals surface area contributed by atoms with E-state index in [1.165, 1.54) is 44.2 Å². The van der Waals surface area contributed by atoms with Gasteiger partial charge in [-0.15, -0.1) is 0 Å². The van der Waals surface area contributed by atoms with Crippen molar-refractivity contribution in [1.82, 2.24) is 4.98 Å². The SMILES string of the molecule is Cc1ccc(NC2CCCCCC2)cn1. The summed E-state index contributed by atoms with van der Waals surface area (Å²) in [6, 6.07) is 4.86. The zero-order valence-corrected chi connectivity index (χ0v) is 9.50. The van der Waals surface area contributed by atoms with Gasteiger partial charge in [0.25, 0.3) is 0 Å². The van der Waals surface area contributed by atoms with E-state index >= 15 is 0 Å². The topological polar surface area (TPSA) is 24.9 Å². The van der Waals surface area contributed by atoms with Crippen LogP contribution >= 0.6 is 0 Å². The number of nitrogens with one attached hydrogen (secondary N) is 1. The summed E-state index contributed by atoms with van der Waals surface area (Å²) >= 11 is 0. The van der Waals surface area contributed by atoms with Crippen LogP contribution in [0.3, 0.4) is 0 Å². The van der Waals surface area contributed by atoms with Crippen LogP contribution in [0.1, 0.15) is 44.2 Å². The summed E-state index contributed by atoms with van der Waals surface area (Å²) in [6.45, 7) is 2.02. The Balaban J connectivity index is 1.92. The van der Waals surface area contributed by atoms with E-state index in [2.05, 4.69) is 22.4 Å². The zero-order chi connectivity index (χ0) is 10.5. The predicted molar refractivity (Wildman–Crippen MR) is 64.1 cm³/mol. The van der Waals surface area contributed by atoms with E-state index in [0.29, 0.717) is 6.04 Å². The highest BCUT2D eigenvalue weighted by molar-refractivity contribution is 5.41. The highest BCUT2D eigenvalue weighted by atomic mass is 14.9. The van der Waals surface area contributed by atoms with Gasteiger partial charge in [0.1, 0.15) is 0 Å². The van der Waals surface area contributed by atoms with Crippen LogP contribution in [0.2, 0.25) is 0 Å². The molecule has 0 saturated heterocycles. The van der Waals surface area contributed by atoms with Gasteiger partial charge < -0.3 is 5.32 Å². The first-order valence-corrected chi connectivity index (χ1v) is 6.04. The Morgan fingerprint density at radius 3 is 2.47 bits per heavy atom. The molecule has 0 spiro atoms. The largest absolute Gasteiger partial charge is 0.381 e. The minimum Gasteiger partial charge on any atom is -0.381 e. The summed E-state index contributed by atoms with van der Waals surface area (Å²) in [7, 11) is 0. The first-order valence-electron chi connectivity index (χ1n) is 6.04. The molecule has 82 valence electrons. The molecule has 2 nitrogen and oxygen atoms in total. The maximum Gasteiger partial charge on any atom is 0.0529 e. The number of pyridine rings is 1. The van der Waals surface area contributed by atoms with Crippen LogP contribution in [-0.2, 0) is 0 Å². The summed E-state index contributed by atoms with van der Waals surface area (Å²) in [5, 5.41) is 3.59. The number of aryl methyl sites for hydroxylation is 1. The van der Waals surface area contributed by atoms with E-state index < -0.39 is 0 Å². The third kappa shape index (κ3) is 3.22. The van der Waals surface area contributed by atoms with Gasteiger partial charge in [0.2, 0.25) is 0 Å². The van der Waals surface area contributed by atoms with Gasteiger partial charge >= 0.3 is 0 Å². The molecule has 1 aliphatic rings. The minimum absolute atomic E-state index is 0.664. The molecule has 1 N–H and O–H groups in total. The summed E-state index contributed by atoms with van der Waals surface area (Å²) in [6.07, 6.45) is 10.1. The van der Waals surface area contributed by atoms with Crippen molar-refractivity contribution in [1.29, 1.82) is 0 Å². The molecule has 0 amide bonds. The molecular weight excluding hydrogens is 184 g/mol. The van der Waals surface area contributed by atoms with Gasteiger partial charge in [0.05, 0.1) is 11.9 Å². The maximum atomic E-state index is 4.31. The summed E-state index contributed by atoms with van der Waals surface area (Å²) in [5.74, 6) is 0. The zero-order valence-electron chi connectivity index (χ0n) is 9.50. The van der Waals surface area contributed by atoms with Crippen molar-refractivity contribution in [3.05, 3.63) is 24.0 Å². The molecule has 1 aromatic heterocycles. The quantitative estimate of drug-likeness (QED) is 0.745. The number of rotatable bonds is 2. The Bertz CT molecular complexity index is 284. The number of hydrogen-bond donors (Lipinski definition) is 1.